The molecule has 0 radical (unpaired) electrons. The standard InChI is InChI=1S/C71H138O17P2/c1-7-9-11-13-15-17-19-21-23-25-29-37-43-49-55-70(75)87-66(59-81-68(73)53-47-41-35-28-24-22-20-18-16-14-12-10-8-2)61-85-89(77,78)83-57-65(72)58-84-90(79,80)86-62-67(60-82-69(74)54-48-42-36-32-31-34-40-46-52-64(5)6)88-71(76)56-50-44-38-30-26-27-33-39-45-51-63(3)4/h63-67,72H,7-62H2,1-6H3,(H,77,78)(H,79,80)/t65-,66-,67-/m1/s1. The van der Waals surface area contributed by atoms with Gasteiger partial charge in [0.05, 0.1) is 26.4 Å². The Morgan fingerprint density at radius 2 is 0.511 bits per heavy atom. The summed E-state index contributed by atoms with van der Waals surface area (Å²) >= 11 is 0. The van der Waals surface area contributed by atoms with E-state index in [0.29, 0.717) is 25.7 Å². The second-order valence-electron chi connectivity index (χ2n) is 26.6. The van der Waals surface area contributed by atoms with E-state index in [1.807, 2.05) is 0 Å². The van der Waals surface area contributed by atoms with Crippen LogP contribution in [0.25, 0.3) is 0 Å². The van der Waals surface area contributed by atoms with Gasteiger partial charge in [-0.25, -0.2) is 9.13 Å². The molecule has 0 heterocycles. The number of carbonyl (C=O) groups excluding carboxylic acids is 4. The van der Waals surface area contributed by atoms with Gasteiger partial charge in [-0.05, 0) is 37.5 Å². The average Bonchev–Trinajstić information content (AvgIpc) is 3.63. The van der Waals surface area contributed by atoms with Crippen molar-refractivity contribution in [2.45, 2.75) is 381 Å². The van der Waals surface area contributed by atoms with Crippen LogP contribution in [-0.2, 0) is 65.4 Å². The Hall–Kier alpha value is -1.94. The molecule has 0 spiro atoms. The minimum absolute atomic E-state index is 0.105. The molecule has 3 N–H and O–H groups in total. The fourth-order valence-corrected chi connectivity index (χ4v) is 12.3. The van der Waals surface area contributed by atoms with E-state index >= 15 is 0 Å². The summed E-state index contributed by atoms with van der Waals surface area (Å²) < 4.78 is 68.3. The van der Waals surface area contributed by atoms with E-state index in [9.17, 15) is 43.2 Å². The highest BCUT2D eigenvalue weighted by atomic mass is 31.2. The molecule has 0 aliphatic rings. The Kier molecular flexibility index (Phi) is 61.8. The van der Waals surface area contributed by atoms with Gasteiger partial charge in [0.15, 0.2) is 12.2 Å². The van der Waals surface area contributed by atoms with Crippen molar-refractivity contribution in [2.75, 3.05) is 39.6 Å². The van der Waals surface area contributed by atoms with E-state index in [4.69, 9.17) is 37.0 Å². The lowest BCUT2D eigenvalue weighted by molar-refractivity contribution is -0.161. The number of rotatable bonds is 70. The molecule has 0 rings (SSSR count). The van der Waals surface area contributed by atoms with Gasteiger partial charge in [0.1, 0.15) is 19.3 Å². The van der Waals surface area contributed by atoms with Crippen LogP contribution in [-0.4, -0.2) is 96.7 Å². The summed E-state index contributed by atoms with van der Waals surface area (Å²) in [5, 5.41) is 10.6. The molecule has 0 aromatic carbocycles. The van der Waals surface area contributed by atoms with Gasteiger partial charge in [-0.2, -0.15) is 0 Å². The Morgan fingerprint density at radius 3 is 0.756 bits per heavy atom. The van der Waals surface area contributed by atoms with Crippen molar-refractivity contribution in [2.24, 2.45) is 11.8 Å². The molecule has 2 unspecified atom stereocenters. The molecule has 0 aromatic rings. The molecule has 0 aromatic heterocycles. The third kappa shape index (κ3) is 64.8. The minimum atomic E-state index is -4.95. The van der Waals surface area contributed by atoms with Crippen LogP contribution in [0.3, 0.4) is 0 Å². The molecule has 0 fully saturated rings. The molecule has 534 valence electrons. The summed E-state index contributed by atoms with van der Waals surface area (Å²) in [4.78, 5) is 72.6. The van der Waals surface area contributed by atoms with Crippen LogP contribution in [0, 0.1) is 11.8 Å². The number of phosphoric acid groups is 2. The number of esters is 4. The number of phosphoric ester groups is 2. The van der Waals surface area contributed by atoms with Crippen LogP contribution in [0.1, 0.15) is 363 Å². The summed E-state index contributed by atoms with van der Waals surface area (Å²) in [6.07, 6.45) is 48.5. The first-order valence-corrected chi connectivity index (χ1v) is 40.0. The lowest BCUT2D eigenvalue weighted by Gasteiger charge is -2.21. The molecule has 0 saturated heterocycles. The van der Waals surface area contributed by atoms with Gasteiger partial charge in [-0.3, -0.25) is 37.3 Å². The molecule has 0 amide bonds. The van der Waals surface area contributed by atoms with E-state index < -0.39 is 97.5 Å². The van der Waals surface area contributed by atoms with Gasteiger partial charge >= 0.3 is 39.5 Å². The smallest absolute Gasteiger partial charge is 0.462 e. The maximum atomic E-state index is 13.0. The number of aliphatic hydroxyl groups is 1. The van der Waals surface area contributed by atoms with Crippen LogP contribution in [0.4, 0.5) is 0 Å². The highest BCUT2D eigenvalue weighted by Crippen LogP contribution is 2.45. The molecule has 0 aliphatic carbocycles. The van der Waals surface area contributed by atoms with Crippen molar-refractivity contribution >= 4 is 39.5 Å². The zero-order valence-electron chi connectivity index (χ0n) is 58.4. The zero-order chi connectivity index (χ0) is 66.5. The normalized spacial score (nSPS) is 14.1. The third-order valence-corrected chi connectivity index (χ3v) is 18.4. The van der Waals surface area contributed by atoms with E-state index in [1.54, 1.807) is 0 Å². The number of hydrogen-bond donors (Lipinski definition) is 3. The van der Waals surface area contributed by atoms with Gasteiger partial charge in [-0.15, -0.1) is 0 Å². The first kappa shape index (κ1) is 88.1. The third-order valence-electron chi connectivity index (χ3n) is 16.5. The molecular formula is C71H138O17P2. The number of carbonyl (C=O) groups is 4. The molecule has 90 heavy (non-hydrogen) atoms. The molecule has 0 aliphatic heterocycles. The first-order valence-electron chi connectivity index (χ1n) is 37.0. The molecule has 0 saturated carbocycles. The highest BCUT2D eigenvalue weighted by molar-refractivity contribution is 7.47. The monoisotopic (exact) mass is 1320 g/mol. The summed E-state index contributed by atoms with van der Waals surface area (Å²) in [5.74, 6) is -0.659. The molecular weight excluding hydrogens is 1190 g/mol. The summed E-state index contributed by atoms with van der Waals surface area (Å²) in [6.45, 7) is 9.50. The van der Waals surface area contributed by atoms with Crippen LogP contribution in [0.15, 0.2) is 0 Å². The van der Waals surface area contributed by atoms with Crippen molar-refractivity contribution < 1.29 is 80.2 Å². The Balaban J connectivity index is 5.26. The van der Waals surface area contributed by atoms with Gasteiger partial charge in [0, 0.05) is 25.7 Å². The Labute approximate surface area is 549 Å². The van der Waals surface area contributed by atoms with E-state index in [1.165, 1.54) is 180 Å². The number of ether oxygens (including phenoxy) is 4. The first-order chi connectivity index (χ1) is 43.4. The summed E-state index contributed by atoms with van der Waals surface area (Å²) in [5.41, 5.74) is 0. The largest absolute Gasteiger partial charge is 0.472 e. The van der Waals surface area contributed by atoms with Crippen LogP contribution < -0.4 is 0 Å². The number of hydrogen-bond acceptors (Lipinski definition) is 15. The zero-order valence-corrected chi connectivity index (χ0v) is 60.2. The Bertz CT molecular complexity index is 1750. The predicted octanol–water partition coefficient (Wildman–Crippen LogP) is 20.4. The fraction of sp³-hybridized carbons (Fsp3) is 0.944. The van der Waals surface area contributed by atoms with E-state index in [2.05, 4.69) is 41.5 Å². The predicted molar refractivity (Wildman–Crippen MR) is 363 cm³/mol. The Morgan fingerprint density at radius 1 is 0.300 bits per heavy atom. The van der Waals surface area contributed by atoms with Gasteiger partial charge in [0.25, 0.3) is 0 Å². The number of unbranched alkanes of at least 4 members (excludes halogenated alkanes) is 40. The lowest BCUT2D eigenvalue weighted by Crippen LogP contribution is -2.30. The molecule has 5 atom stereocenters. The van der Waals surface area contributed by atoms with Crippen molar-refractivity contribution in [3.05, 3.63) is 0 Å². The van der Waals surface area contributed by atoms with Crippen LogP contribution in [0.2, 0.25) is 0 Å². The SMILES string of the molecule is CCCCCCCCCCCCCCCCC(=O)O[C@H](COC(=O)CCCCCCCCCCCCCCC)COP(=O)(O)OC[C@@H](O)COP(=O)(O)OC[C@@H](COC(=O)CCCCCCCCCCC(C)C)OC(=O)CCCCCCCCCCCC(C)C. The van der Waals surface area contributed by atoms with Crippen LogP contribution in [0.5, 0.6) is 0 Å². The van der Waals surface area contributed by atoms with Gasteiger partial charge in [0.2, 0.25) is 0 Å². The molecule has 17 nitrogen and oxygen atoms in total. The maximum absolute atomic E-state index is 13.0. The second kappa shape index (κ2) is 63.1. The lowest BCUT2D eigenvalue weighted by atomic mass is 10.0. The maximum Gasteiger partial charge on any atom is 0.472 e. The van der Waals surface area contributed by atoms with E-state index in [0.717, 1.165) is 102 Å². The van der Waals surface area contributed by atoms with Crippen LogP contribution >= 0.6 is 15.6 Å². The minimum Gasteiger partial charge on any atom is -0.462 e. The van der Waals surface area contributed by atoms with Gasteiger partial charge in [-0.1, -0.05) is 311 Å². The van der Waals surface area contributed by atoms with Gasteiger partial charge < -0.3 is 33.8 Å². The van der Waals surface area contributed by atoms with Crippen molar-refractivity contribution in [3.63, 3.8) is 0 Å². The topological polar surface area (TPSA) is 237 Å². The number of aliphatic hydroxyl groups excluding tert-OH is 1. The molecule has 19 heteroatoms. The quantitative estimate of drug-likeness (QED) is 0.0222. The molecule has 0 bridgehead atoms. The summed E-state index contributed by atoms with van der Waals surface area (Å²) in [7, 11) is -9.90. The second-order valence-corrected chi connectivity index (χ2v) is 29.5. The van der Waals surface area contributed by atoms with Crippen molar-refractivity contribution in [1.29, 1.82) is 0 Å². The highest BCUT2D eigenvalue weighted by Gasteiger charge is 2.30. The fourth-order valence-electron chi connectivity index (χ4n) is 10.8. The van der Waals surface area contributed by atoms with E-state index in [-0.39, 0.29) is 25.7 Å². The van der Waals surface area contributed by atoms with Crippen molar-refractivity contribution in [3.8, 4) is 0 Å². The summed E-state index contributed by atoms with van der Waals surface area (Å²) in [6, 6.07) is 0. The van der Waals surface area contributed by atoms with Crippen molar-refractivity contribution in [1.82, 2.24) is 0 Å². The average molecular weight is 1330 g/mol.